The molecule has 2 aromatic carbocycles. The standard InChI is InChI=1S/C21H17FN6O/c1-24-19-6-5-15(10-18(19)22)20-11-21(23)26-28(20)17-4-2-3-14(9-17)16-12-25-27(13-16)7-8-29/h2-6,9-13,29H,7-8H2,(H2,23,26). The van der Waals surface area contributed by atoms with Gasteiger partial charge in [-0.15, -0.1) is 0 Å². The Balaban J connectivity index is 1.76. The van der Waals surface area contributed by atoms with Crippen LogP contribution in [0.1, 0.15) is 0 Å². The molecule has 29 heavy (non-hydrogen) atoms. The van der Waals surface area contributed by atoms with Crippen LogP contribution in [0.5, 0.6) is 0 Å². The quantitative estimate of drug-likeness (QED) is 0.511. The summed E-state index contributed by atoms with van der Waals surface area (Å²) < 4.78 is 17.4. The van der Waals surface area contributed by atoms with Gasteiger partial charge in [0.2, 0.25) is 5.69 Å². The van der Waals surface area contributed by atoms with Crippen LogP contribution >= 0.6 is 0 Å². The molecule has 0 saturated heterocycles. The minimum Gasteiger partial charge on any atom is -0.394 e. The normalized spacial score (nSPS) is 10.8. The summed E-state index contributed by atoms with van der Waals surface area (Å²) in [5.74, 6) is -0.287. The maximum atomic E-state index is 14.1. The summed E-state index contributed by atoms with van der Waals surface area (Å²) in [6, 6.07) is 13.7. The summed E-state index contributed by atoms with van der Waals surface area (Å²) in [5, 5.41) is 17.6. The molecule has 3 N–H and O–H groups in total. The van der Waals surface area contributed by atoms with Crippen molar-refractivity contribution < 1.29 is 9.50 Å². The van der Waals surface area contributed by atoms with Crippen molar-refractivity contribution in [1.29, 1.82) is 0 Å². The summed E-state index contributed by atoms with van der Waals surface area (Å²) in [4.78, 5) is 3.16. The summed E-state index contributed by atoms with van der Waals surface area (Å²) in [5.41, 5.74) is 9.64. The highest BCUT2D eigenvalue weighted by Gasteiger charge is 2.14. The Morgan fingerprint density at radius 3 is 2.72 bits per heavy atom. The second kappa shape index (κ2) is 7.58. The van der Waals surface area contributed by atoms with Crippen molar-refractivity contribution in [2.24, 2.45) is 0 Å². The lowest BCUT2D eigenvalue weighted by Gasteiger charge is -2.09. The molecule has 0 unspecified atom stereocenters. The molecule has 0 spiro atoms. The van der Waals surface area contributed by atoms with E-state index in [1.807, 2.05) is 30.5 Å². The van der Waals surface area contributed by atoms with Crippen LogP contribution in [0.15, 0.2) is 60.9 Å². The first-order valence-electron chi connectivity index (χ1n) is 8.86. The number of aliphatic hydroxyl groups is 1. The molecule has 4 aromatic rings. The lowest BCUT2D eigenvalue weighted by Crippen LogP contribution is -2.01. The van der Waals surface area contributed by atoms with Crippen LogP contribution in [-0.2, 0) is 6.54 Å². The highest BCUT2D eigenvalue weighted by molar-refractivity contribution is 5.70. The summed E-state index contributed by atoms with van der Waals surface area (Å²) in [6.45, 7) is 7.44. The molecule has 0 fully saturated rings. The Morgan fingerprint density at radius 1 is 1.10 bits per heavy atom. The molecule has 4 rings (SSSR count). The summed E-state index contributed by atoms with van der Waals surface area (Å²) >= 11 is 0. The first-order chi connectivity index (χ1) is 14.1. The molecule has 0 aliphatic heterocycles. The van der Waals surface area contributed by atoms with Gasteiger partial charge in [-0.1, -0.05) is 24.3 Å². The average molecular weight is 388 g/mol. The van der Waals surface area contributed by atoms with Crippen LogP contribution < -0.4 is 5.73 Å². The van der Waals surface area contributed by atoms with Gasteiger partial charge in [0.25, 0.3) is 0 Å². The Bertz CT molecular complexity index is 1220. The number of hydrogen-bond acceptors (Lipinski definition) is 4. The van der Waals surface area contributed by atoms with Crippen molar-refractivity contribution in [2.75, 3.05) is 12.3 Å². The van der Waals surface area contributed by atoms with E-state index in [0.29, 0.717) is 23.6 Å². The lowest BCUT2D eigenvalue weighted by molar-refractivity contribution is 0.269. The van der Waals surface area contributed by atoms with Gasteiger partial charge >= 0.3 is 0 Å². The van der Waals surface area contributed by atoms with E-state index < -0.39 is 5.82 Å². The molecule has 0 radical (unpaired) electrons. The van der Waals surface area contributed by atoms with Crippen LogP contribution in [0.2, 0.25) is 0 Å². The van der Waals surface area contributed by atoms with E-state index in [1.165, 1.54) is 12.1 Å². The van der Waals surface area contributed by atoms with Crippen LogP contribution in [-0.4, -0.2) is 31.3 Å². The highest BCUT2D eigenvalue weighted by Crippen LogP contribution is 2.30. The molecule has 0 bridgehead atoms. The first kappa shape index (κ1) is 18.4. The Labute approximate surface area is 166 Å². The maximum Gasteiger partial charge on any atom is 0.222 e. The van der Waals surface area contributed by atoms with E-state index in [-0.39, 0.29) is 12.3 Å². The molecule has 0 aliphatic carbocycles. The van der Waals surface area contributed by atoms with E-state index in [2.05, 4.69) is 15.0 Å². The SMILES string of the molecule is [C-]#[N+]c1ccc(-c2cc(N)nn2-c2cccc(-c3cnn(CCO)c3)c2)cc1F. The molecule has 144 valence electrons. The fraction of sp³-hybridized carbons (Fsp3) is 0.0952. The molecule has 8 heteroatoms. The number of nitrogen functional groups attached to an aromatic ring is 1. The highest BCUT2D eigenvalue weighted by atomic mass is 19.1. The average Bonchev–Trinajstić information content (AvgIpc) is 3.35. The summed E-state index contributed by atoms with van der Waals surface area (Å²) in [6.07, 6.45) is 3.58. The molecule has 0 amide bonds. The number of aliphatic hydroxyl groups excluding tert-OH is 1. The third-order valence-corrected chi connectivity index (χ3v) is 4.48. The van der Waals surface area contributed by atoms with Crippen LogP contribution in [0, 0.1) is 12.4 Å². The van der Waals surface area contributed by atoms with Gasteiger partial charge < -0.3 is 10.8 Å². The van der Waals surface area contributed by atoms with Gasteiger partial charge in [-0.2, -0.15) is 10.2 Å². The molecule has 0 aliphatic rings. The Kier molecular flexibility index (Phi) is 4.81. The van der Waals surface area contributed by atoms with Gasteiger partial charge in [0.1, 0.15) is 11.6 Å². The zero-order valence-corrected chi connectivity index (χ0v) is 15.3. The Hall–Kier alpha value is -3.96. The predicted octanol–water partition coefficient (Wildman–Crippen LogP) is 3.67. The van der Waals surface area contributed by atoms with Gasteiger partial charge in [0.05, 0.1) is 37.3 Å². The third-order valence-electron chi connectivity index (χ3n) is 4.48. The fourth-order valence-corrected chi connectivity index (χ4v) is 3.11. The fourth-order valence-electron chi connectivity index (χ4n) is 3.11. The Morgan fingerprint density at radius 2 is 1.97 bits per heavy atom. The smallest absolute Gasteiger partial charge is 0.222 e. The summed E-state index contributed by atoms with van der Waals surface area (Å²) in [7, 11) is 0. The number of hydrogen-bond donors (Lipinski definition) is 2. The molecule has 0 saturated carbocycles. The first-order valence-corrected chi connectivity index (χ1v) is 8.86. The molecular weight excluding hydrogens is 371 g/mol. The van der Waals surface area contributed by atoms with Gasteiger partial charge in [0.15, 0.2) is 0 Å². The number of benzene rings is 2. The van der Waals surface area contributed by atoms with Gasteiger partial charge in [-0.05, 0) is 23.8 Å². The van der Waals surface area contributed by atoms with Crippen molar-refractivity contribution in [1.82, 2.24) is 19.6 Å². The predicted molar refractivity (Wildman–Crippen MR) is 108 cm³/mol. The van der Waals surface area contributed by atoms with Crippen molar-refractivity contribution in [3.63, 3.8) is 0 Å². The number of rotatable bonds is 5. The van der Waals surface area contributed by atoms with E-state index in [0.717, 1.165) is 16.8 Å². The largest absolute Gasteiger partial charge is 0.394 e. The molecule has 2 aromatic heterocycles. The van der Waals surface area contributed by atoms with Crippen molar-refractivity contribution in [3.05, 3.63) is 78.2 Å². The van der Waals surface area contributed by atoms with E-state index in [4.69, 9.17) is 17.4 Å². The van der Waals surface area contributed by atoms with Crippen LogP contribution in [0.25, 0.3) is 32.9 Å². The van der Waals surface area contributed by atoms with Crippen molar-refractivity contribution in [2.45, 2.75) is 6.54 Å². The molecule has 2 heterocycles. The number of aromatic nitrogens is 4. The topological polar surface area (TPSA) is 86.2 Å². The van der Waals surface area contributed by atoms with E-state index in [1.54, 1.807) is 27.7 Å². The lowest BCUT2D eigenvalue weighted by atomic mass is 10.1. The zero-order chi connectivity index (χ0) is 20.4. The van der Waals surface area contributed by atoms with Crippen LogP contribution in [0.3, 0.4) is 0 Å². The minimum absolute atomic E-state index is 0.0138. The van der Waals surface area contributed by atoms with Gasteiger partial charge in [-0.3, -0.25) is 4.68 Å². The second-order valence-corrected chi connectivity index (χ2v) is 6.41. The number of anilines is 1. The van der Waals surface area contributed by atoms with Gasteiger partial charge in [-0.25, -0.2) is 13.9 Å². The van der Waals surface area contributed by atoms with Crippen molar-refractivity contribution in [3.8, 4) is 28.1 Å². The van der Waals surface area contributed by atoms with E-state index >= 15 is 0 Å². The molecule has 0 atom stereocenters. The van der Waals surface area contributed by atoms with Crippen molar-refractivity contribution >= 4 is 11.5 Å². The number of halogens is 1. The zero-order valence-electron chi connectivity index (χ0n) is 15.3. The van der Waals surface area contributed by atoms with Gasteiger partial charge in [0, 0.05) is 23.4 Å². The molecular formula is C21H17FN6O. The molecule has 7 nitrogen and oxygen atoms in total. The second-order valence-electron chi connectivity index (χ2n) is 6.41. The number of nitrogens with zero attached hydrogens (tertiary/aromatic N) is 5. The minimum atomic E-state index is -0.589. The van der Waals surface area contributed by atoms with E-state index in [9.17, 15) is 4.39 Å². The maximum absolute atomic E-state index is 14.1. The number of nitrogens with two attached hydrogens (primary N) is 1. The monoisotopic (exact) mass is 388 g/mol. The third kappa shape index (κ3) is 3.59. The van der Waals surface area contributed by atoms with Crippen LogP contribution in [0.4, 0.5) is 15.9 Å².